The van der Waals surface area contributed by atoms with Crippen LogP contribution in [-0.2, 0) is 0 Å². The number of nitrogens with zero attached hydrogens (tertiary/aromatic N) is 1. The average Bonchev–Trinajstić information content (AvgIpc) is 2.91. The molecule has 3 rings (SSSR count). The van der Waals surface area contributed by atoms with E-state index in [-0.39, 0.29) is 0 Å². The summed E-state index contributed by atoms with van der Waals surface area (Å²) in [4.78, 5) is 2.63. The lowest BCUT2D eigenvalue weighted by atomic mass is 9.88. The van der Waals surface area contributed by atoms with Crippen LogP contribution in [-0.4, -0.2) is 43.7 Å². The first-order valence-electron chi connectivity index (χ1n) is 8.71. The van der Waals surface area contributed by atoms with Crippen LogP contribution in [0.2, 0.25) is 0 Å². The molecule has 122 valence electrons. The lowest BCUT2D eigenvalue weighted by Gasteiger charge is -2.37. The SMILES string of the molecule is Cc1ccc(C)c(OC2CCN(CC3(C)CCNC3)CC2)c1. The second-order valence-electron chi connectivity index (χ2n) is 7.60. The van der Waals surface area contributed by atoms with Crippen LogP contribution in [0, 0.1) is 19.3 Å². The first-order chi connectivity index (χ1) is 10.5. The van der Waals surface area contributed by atoms with Crippen molar-refractivity contribution >= 4 is 0 Å². The van der Waals surface area contributed by atoms with E-state index in [2.05, 4.69) is 49.2 Å². The second-order valence-corrected chi connectivity index (χ2v) is 7.60. The zero-order valence-corrected chi connectivity index (χ0v) is 14.3. The number of nitrogens with one attached hydrogen (secondary N) is 1. The maximum absolute atomic E-state index is 6.27. The van der Waals surface area contributed by atoms with Gasteiger partial charge in [0.15, 0.2) is 0 Å². The summed E-state index contributed by atoms with van der Waals surface area (Å²) in [6, 6.07) is 6.49. The quantitative estimate of drug-likeness (QED) is 0.925. The standard InChI is InChI=1S/C19H30N2O/c1-15-4-5-16(2)18(12-15)22-17-6-10-21(11-7-17)14-19(3)8-9-20-13-19/h4-5,12,17,20H,6-11,13-14H2,1-3H3. The van der Waals surface area contributed by atoms with Gasteiger partial charge in [-0.05, 0) is 62.3 Å². The third kappa shape index (κ3) is 3.82. The number of hydrogen-bond donors (Lipinski definition) is 1. The van der Waals surface area contributed by atoms with Crippen LogP contribution in [0.15, 0.2) is 18.2 Å². The Bertz CT molecular complexity index is 500. The number of likely N-dealkylation sites (tertiary alicyclic amines) is 1. The van der Waals surface area contributed by atoms with Gasteiger partial charge in [0.1, 0.15) is 11.9 Å². The highest BCUT2D eigenvalue weighted by atomic mass is 16.5. The maximum Gasteiger partial charge on any atom is 0.122 e. The van der Waals surface area contributed by atoms with Crippen molar-refractivity contribution in [2.24, 2.45) is 5.41 Å². The van der Waals surface area contributed by atoms with E-state index < -0.39 is 0 Å². The van der Waals surface area contributed by atoms with E-state index in [1.54, 1.807) is 0 Å². The van der Waals surface area contributed by atoms with Crippen LogP contribution in [0.25, 0.3) is 0 Å². The van der Waals surface area contributed by atoms with E-state index in [1.165, 1.54) is 50.3 Å². The van der Waals surface area contributed by atoms with Crippen molar-refractivity contribution in [3.05, 3.63) is 29.3 Å². The third-order valence-corrected chi connectivity index (χ3v) is 5.23. The van der Waals surface area contributed by atoms with Gasteiger partial charge in [-0.15, -0.1) is 0 Å². The Hall–Kier alpha value is -1.06. The van der Waals surface area contributed by atoms with Crippen molar-refractivity contribution in [3.8, 4) is 5.75 Å². The zero-order chi connectivity index (χ0) is 15.6. The first kappa shape index (κ1) is 15.8. The molecule has 22 heavy (non-hydrogen) atoms. The molecule has 2 saturated heterocycles. The van der Waals surface area contributed by atoms with E-state index in [0.717, 1.165) is 18.6 Å². The van der Waals surface area contributed by atoms with E-state index in [9.17, 15) is 0 Å². The molecule has 3 heteroatoms. The first-order valence-corrected chi connectivity index (χ1v) is 8.71. The Morgan fingerprint density at radius 1 is 1.27 bits per heavy atom. The van der Waals surface area contributed by atoms with Crippen molar-refractivity contribution < 1.29 is 4.74 Å². The molecule has 0 aromatic heterocycles. The third-order valence-electron chi connectivity index (χ3n) is 5.23. The average molecular weight is 302 g/mol. The van der Waals surface area contributed by atoms with Crippen LogP contribution in [0.3, 0.4) is 0 Å². The fourth-order valence-electron chi connectivity index (χ4n) is 3.74. The fourth-order valence-corrected chi connectivity index (χ4v) is 3.74. The van der Waals surface area contributed by atoms with Gasteiger partial charge in [0.25, 0.3) is 0 Å². The minimum atomic E-state index is 0.381. The van der Waals surface area contributed by atoms with Gasteiger partial charge >= 0.3 is 0 Å². The molecule has 2 aliphatic rings. The second kappa shape index (κ2) is 6.59. The van der Waals surface area contributed by atoms with Crippen molar-refractivity contribution in [1.29, 1.82) is 0 Å². The molecule has 0 saturated carbocycles. The summed E-state index contributed by atoms with van der Waals surface area (Å²) in [5, 5.41) is 3.50. The Morgan fingerprint density at radius 3 is 2.73 bits per heavy atom. The van der Waals surface area contributed by atoms with E-state index >= 15 is 0 Å². The maximum atomic E-state index is 6.27. The molecule has 2 fully saturated rings. The van der Waals surface area contributed by atoms with Crippen LogP contribution in [0.5, 0.6) is 5.75 Å². The van der Waals surface area contributed by atoms with Crippen LogP contribution >= 0.6 is 0 Å². The number of benzene rings is 1. The highest BCUT2D eigenvalue weighted by molar-refractivity contribution is 5.36. The molecule has 1 aromatic rings. The molecule has 1 aromatic carbocycles. The summed E-state index contributed by atoms with van der Waals surface area (Å²) in [6.45, 7) is 12.6. The molecule has 1 unspecified atom stereocenters. The lowest BCUT2D eigenvalue weighted by Crippen LogP contribution is -2.44. The Morgan fingerprint density at radius 2 is 2.05 bits per heavy atom. The smallest absolute Gasteiger partial charge is 0.122 e. The minimum absolute atomic E-state index is 0.381. The molecule has 0 radical (unpaired) electrons. The van der Waals surface area contributed by atoms with Gasteiger partial charge in [0, 0.05) is 26.2 Å². The van der Waals surface area contributed by atoms with Crippen molar-refractivity contribution in [2.75, 3.05) is 32.7 Å². The largest absolute Gasteiger partial charge is 0.490 e. The number of rotatable bonds is 4. The Kier molecular flexibility index (Phi) is 4.74. The van der Waals surface area contributed by atoms with Gasteiger partial charge in [-0.2, -0.15) is 0 Å². The minimum Gasteiger partial charge on any atom is -0.490 e. The predicted molar refractivity (Wildman–Crippen MR) is 91.6 cm³/mol. The van der Waals surface area contributed by atoms with Gasteiger partial charge in [0.05, 0.1) is 0 Å². The van der Waals surface area contributed by atoms with Gasteiger partial charge in [-0.1, -0.05) is 19.1 Å². The summed E-state index contributed by atoms with van der Waals surface area (Å²) < 4.78 is 6.27. The summed E-state index contributed by atoms with van der Waals surface area (Å²) in [5.74, 6) is 1.07. The number of ether oxygens (including phenoxy) is 1. The van der Waals surface area contributed by atoms with Gasteiger partial charge in [0.2, 0.25) is 0 Å². The molecule has 3 nitrogen and oxygen atoms in total. The highest BCUT2D eigenvalue weighted by Crippen LogP contribution is 2.28. The van der Waals surface area contributed by atoms with E-state index in [4.69, 9.17) is 4.74 Å². The molecular weight excluding hydrogens is 272 g/mol. The molecule has 1 N–H and O–H groups in total. The van der Waals surface area contributed by atoms with E-state index in [0.29, 0.717) is 11.5 Å². The van der Waals surface area contributed by atoms with Gasteiger partial charge in [-0.25, -0.2) is 0 Å². The fraction of sp³-hybridized carbons (Fsp3) is 0.684. The normalized spacial score (nSPS) is 27.2. The van der Waals surface area contributed by atoms with Crippen molar-refractivity contribution in [3.63, 3.8) is 0 Å². The lowest BCUT2D eigenvalue weighted by molar-refractivity contribution is 0.0771. The summed E-state index contributed by atoms with van der Waals surface area (Å²) in [6.07, 6.45) is 3.99. The van der Waals surface area contributed by atoms with Crippen LogP contribution in [0.4, 0.5) is 0 Å². The molecular formula is C19H30N2O. The van der Waals surface area contributed by atoms with E-state index in [1.807, 2.05) is 0 Å². The predicted octanol–water partition coefficient (Wildman–Crippen LogP) is 3.15. The molecule has 0 spiro atoms. The van der Waals surface area contributed by atoms with Crippen molar-refractivity contribution in [1.82, 2.24) is 10.2 Å². The van der Waals surface area contributed by atoms with Crippen LogP contribution in [0.1, 0.15) is 37.3 Å². The highest BCUT2D eigenvalue weighted by Gasteiger charge is 2.32. The molecule has 2 heterocycles. The molecule has 1 atom stereocenters. The number of hydrogen-bond acceptors (Lipinski definition) is 3. The van der Waals surface area contributed by atoms with Gasteiger partial charge < -0.3 is 15.0 Å². The van der Waals surface area contributed by atoms with Gasteiger partial charge in [-0.3, -0.25) is 0 Å². The topological polar surface area (TPSA) is 24.5 Å². The number of piperidine rings is 1. The number of aryl methyl sites for hydroxylation is 2. The van der Waals surface area contributed by atoms with Crippen LogP contribution < -0.4 is 10.1 Å². The van der Waals surface area contributed by atoms with Crippen molar-refractivity contribution in [2.45, 2.75) is 46.1 Å². The summed E-state index contributed by atoms with van der Waals surface area (Å²) in [5.41, 5.74) is 3.00. The molecule has 0 bridgehead atoms. The summed E-state index contributed by atoms with van der Waals surface area (Å²) >= 11 is 0. The summed E-state index contributed by atoms with van der Waals surface area (Å²) in [7, 11) is 0. The monoisotopic (exact) mass is 302 g/mol. The molecule has 0 aliphatic carbocycles. The Balaban J connectivity index is 1.50. The molecule has 0 amide bonds. The zero-order valence-electron chi connectivity index (χ0n) is 14.3. The Labute approximate surface area is 135 Å². The molecule has 2 aliphatic heterocycles.